The summed E-state index contributed by atoms with van der Waals surface area (Å²) >= 11 is 0. The Morgan fingerprint density at radius 1 is 0.722 bits per heavy atom. The van der Waals surface area contributed by atoms with E-state index in [1.54, 1.807) is 0 Å². The Balaban J connectivity index is 2.53. The molecule has 2 aromatic carbocycles. The third kappa shape index (κ3) is 2.21. The Hall–Kier alpha value is -1.89. The molecular weight excluding hydrogens is 220 g/mol. The molecule has 2 aromatic rings. The van der Waals surface area contributed by atoms with E-state index in [-0.39, 0.29) is 5.78 Å². The van der Waals surface area contributed by atoms with Crippen LogP contribution in [-0.4, -0.2) is 5.78 Å². The first kappa shape index (κ1) is 12.6. The van der Waals surface area contributed by atoms with Gasteiger partial charge in [0.25, 0.3) is 0 Å². The second-order valence-electron chi connectivity index (χ2n) is 4.90. The molecule has 18 heavy (non-hydrogen) atoms. The lowest BCUT2D eigenvalue weighted by Crippen LogP contribution is -2.06. The molecule has 0 aliphatic carbocycles. The summed E-state index contributed by atoms with van der Waals surface area (Å²) in [5, 5.41) is 0. The van der Waals surface area contributed by atoms with Crippen molar-refractivity contribution in [2.75, 3.05) is 0 Å². The van der Waals surface area contributed by atoms with Gasteiger partial charge in [-0.05, 0) is 56.0 Å². The number of carbonyl (C=O) groups is 1. The van der Waals surface area contributed by atoms with Gasteiger partial charge in [-0.25, -0.2) is 0 Å². The van der Waals surface area contributed by atoms with Gasteiger partial charge in [-0.2, -0.15) is 0 Å². The van der Waals surface area contributed by atoms with Crippen molar-refractivity contribution in [1.82, 2.24) is 0 Å². The van der Waals surface area contributed by atoms with E-state index >= 15 is 0 Å². The van der Waals surface area contributed by atoms with Gasteiger partial charge < -0.3 is 0 Å². The molecule has 0 saturated heterocycles. The molecule has 0 unspecified atom stereocenters. The number of carbonyl (C=O) groups excluding carboxylic acids is 1. The number of hydrogen-bond acceptors (Lipinski definition) is 1. The summed E-state index contributed by atoms with van der Waals surface area (Å²) in [5.41, 5.74) is 6.08. The molecule has 2 rings (SSSR count). The average molecular weight is 238 g/mol. The fraction of sp³-hybridized carbons (Fsp3) is 0.235. The number of benzene rings is 2. The molecular formula is C17H18O. The quantitative estimate of drug-likeness (QED) is 0.718. The monoisotopic (exact) mass is 238 g/mol. The van der Waals surface area contributed by atoms with Crippen molar-refractivity contribution in [2.24, 2.45) is 0 Å². The van der Waals surface area contributed by atoms with Gasteiger partial charge in [0.2, 0.25) is 0 Å². The highest BCUT2D eigenvalue weighted by atomic mass is 16.1. The zero-order chi connectivity index (χ0) is 13.3. The van der Waals surface area contributed by atoms with Gasteiger partial charge >= 0.3 is 0 Å². The van der Waals surface area contributed by atoms with E-state index in [1.807, 2.05) is 51.1 Å². The summed E-state index contributed by atoms with van der Waals surface area (Å²) in [6.45, 7) is 8.09. The van der Waals surface area contributed by atoms with Crippen molar-refractivity contribution in [3.05, 3.63) is 69.8 Å². The van der Waals surface area contributed by atoms with Gasteiger partial charge in [-0.3, -0.25) is 4.79 Å². The molecule has 0 aliphatic heterocycles. The van der Waals surface area contributed by atoms with Gasteiger partial charge in [0.1, 0.15) is 0 Å². The largest absolute Gasteiger partial charge is 0.289 e. The van der Waals surface area contributed by atoms with Crippen LogP contribution in [0.3, 0.4) is 0 Å². The van der Waals surface area contributed by atoms with Crippen molar-refractivity contribution >= 4 is 5.78 Å². The first-order valence-electron chi connectivity index (χ1n) is 6.19. The third-order valence-electron chi connectivity index (χ3n) is 3.48. The van der Waals surface area contributed by atoms with Crippen LogP contribution in [-0.2, 0) is 0 Å². The molecule has 0 fully saturated rings. The molecule has 0 aromatic heterocycles. The van der Waals surface area contributed by atoms with E-state index in [2.05, 4.69) is 13.0 Å². The molecule has 0 amide bonds. The fourth-order valence-corrected chi connectivity index (χ4v) is 2.18. The fourth-order valence-electron chi connectivity index (χ4n) is 2.18. The van der Waals surface area contributed by atoms with Gasteiger partial charge in [-0.1, -0.05) is 30.3 Å². The summed E-state index contributed by atoms with van der Waals surface area (Å²) in [4.78, 5) is 12.6. The summed E-state index contributed by atoms with van der Waals surface area (Å²) < 4.78 is 0. The number of rotatable bonds is 2. The summed E-state index contributed by atoms with van der Waals surface area (Å²) in [5.74, 6) is 0.119. The molecule has 0 bridgehead atoms. The SMILES string of the molecule is Cc1cc(C)c(C(=O)c2ccccc2C)cc1C. The van der Waals surface area contributed by atoms with E-state index in [0.717, 1.165) is 27.8 Å². The van der Waals surface area contributed by atoms with Crippen LogP contribution in [0.5, 0.6) is 0 Å². The van der Waals surface area contributed by atoms with Crippen LogP contribution in [0, 0.1) is 27.7 Å². The molecule has 0 radical (unpaired) electrons. The zero-order valence-corrected chi connectivity index (χ0v) is 11.4. The Morgan fingerprint density at radius 3 is 2.00 bits per heavy atom. The van der Waals surface area contributed by atoms with Crippen molar-refractivity contribution < 1.29 is 4.79 Å². The Bertz CT molecular complexity index is 609. The van der Waals surface area contributed by atoms with E-state index in [9.17, 15) is 4.79 Å². The Labute approximate surface area is 108 Å². The van der Waals surface area contributed by atoms with E-state index < -0.39 is 0 Å². The lowest BCUT2D eigenvalue weighted by Gasteiger charge is -2.10. The van der Waals surface area contributed by atoms with E-state index in [0.29, 0.717) is 0 Å². The van der Waals surface area contributed by atoms with Crippen molar-refractivity contribution in [1.29, 1.82) is 0 Å². The van der Waals surface area contributed by atoms with Crippen molar-refractivity contribution in [3.63, 3.8) is 0 Å². The maximum absolute atomic E-state index is 12.6. The molecule has 0 atom stereocenters. The first-order chi connectivity index (χ1) is 8.50. The van der Waals surface area contributed by atoms with Crippen LogP contribution >= 0.6 is 0 Å². The second-order valence-corrected chi connectivity index (χ2v) is 4.90. The second kappa shape index (κ2) is 4.77. The molecule has 1 heteroatoms. The minimum Gasteiger partial charge on any atom is -0.289 e. The van der Waals surface area contributed by atoms with Crippen LogP contribution in [0.4, 0.5) is 0 Å². The van der Waals surface area contributed by atoms with E-state index in [4.69, 9.17) is 0 Å². The predicted octanol–water partition coefficient (Wildman–Crippen LogP) is 4.15. The molecule has 92 valence electrons. The van der Waals surface area contributed by atoms with Crippen LogP contribution in [0.1, 0.15) is 38.2 Å². The lowest BCUT2D eigenvalue weighted by atomic mass is 9.93. The Kier molecular flexibility index (Phi) is 3.33. The predicted molar refractivity (Wildman–Crippen MR) is 75.3 cm³/mol. The highest BCUT2D eigenvalue weighted by Gasteiger charge is 2.14. The molecule has 0 spiro atoms. The highest BCUT2D eigenvalue weighted by Crippen LogP contribution is 2.20. The van der Waals surface area contributed by atoms with Crippen LogP contribution in [0.15, 0.2) is 36.4 Å². The Morgan fingerprint density at radius 2 is 1.33 bits per heavy atom. The standard InChI is InChI=1S/C17H18O/c1-11-7-5-6-8-15(11)17(18)16-10-13(3)12(2)9-14(16)4/h5-10H,1-4H3. The molecule has 0 N–H and O–H groups in total. The molecule has 0 saturated carbocycles. The summed E-state index contributed by atoms with van der Waals surface area (Å²) in [7, 11) is 0. The average Bonchev–Trinajstić information content (AvgIpc) is 2.33. The maximum Gasteiger partial charge on any atom is 0.193 e. The van der Waals surface area contributed by atoms with Gasteiger partial charge in [-0.15, -0.1) is 0 Å². The lowest BCUT2D eigenvalue weighted by molar-refractivity contribution is 0.103. The smallest absolute Gasteiger partial charge is 0.193 e. The van der Waals surface area contributed by atoms with Crippen LogP contribution < -0.4 is 0 Å². The van der Waals surface area contributed by atoms with Gasteiger partial charge in [0.05, 0.1) is 0 Å². The minimum absolute atomic E-state index is 0.119. The number of ketones is 1. The summed E-state index contributed by atoms with van der Waals surface area (Å²) in [6.07, 6.45) is 0. The third-order valence-corrected chi connectivity index (χ3v) is 3.48. The van der Waals surface area contributed by atoms with Crippen LogP contribution in [0.2, 0.25) is 0 Å². The maximum atomic E-state index is 12.6. The molecule has 1 nitrogen and oxygen atoms in total. The number of hydrogen-bond donors (Lipinski definition) is 0. The zero-order valence-electron chi connectivity index (χ0n) is 11.4. The van der Waals surface area contributed by atoms with Crippen LogP contribution in [0.25, 0.3) is 0 Å². The van der Waals surface area contributed by atoms with E-state index in [1.165, 1.54) is 5.56 Å². The van der Waals surface area contributed by atoms with Crippen molar-refractivity contribution in [3.8, 4) is 0 Å². The highest BCUT2D eigenvalue weighted by molar-refractivity contribution is 6.10. The van der Waals surface area contributed by atoms with Gasteiger partial charge in [0.15, 0.2) is 5.78 Å². The van der Waals surface area contributed by atoms with Crippen molar-refractivity contribution in [2.45, 2.75) is 27.7 Å². The first-order valence-corrected chi connectivity index (χ1v) is 6.19. The topological polar surface area (TPSA) is 17.1 Å². The normalized spacial score (nSPS) is 10.4. The molecule has 0 aliphatic rings. The minimum atomic E-state index is 0.119. The number of aryl methyl sites for hydroxylation is 4. The van der Waals surface area contributed by atoms with Gasteiger partial charge in [0, 0.05) is 11.1 Å². The summed E-state index contributed by atoms with van der Waals surface area (Å²) in [6, 6.07) is 11.8. The molecule has 0 heterocycles.